The molecule has 0 spiro atoms. The first-order valence-electron chi connectivity index (χ1n) is 16.2. The second-order valence-electron chi connectivity index (χ2n) is 13.2. The summed E-state index contributed by atoms with van der Waals surface area (Å²) in [7, 11) is 0. The Balaban J connectivity index is 1.32. The quantitative estimate of drug-likeness (QED) is 0.175. The Kier molecular flexibility index (Phi) is 7.20. The van der Waals surface area contributed by atoms with Crippen molar-refractivity contribution in [2.24, 2.45) is 23.7 Å². The van der Waals surface area contributed by atoms with Gasteiger partial charge in [-0.1, -0.05) is 71.8 Å². The number of fused-ring (bicyclic) bond motifs is 4. The molecule has 3 fully saturated rings. The summed E-state index contributed by atoms with van der Waals surface area (Å²) in [6, 6.07) is 25.7. The summed E-state index contributed by atoms with van der Waals surface area (Å²) in [6.07, 6.45) is 2.15. The van der Waals surface area contributed by atoms with Crippen LogP contribution >= 0.6 is 11.6 Å². The first-order chi connectivity index (χ1) is 24.0. The minimum absolute atomic E-state index is 0.0370. The SMILES string of the molecule is O=C(O)c1ccc(N2C(=O)[C@H]3[C@H](CC=C4[C@H]3C[C@H]3C(=O)N(c5cccc(Cl)c5)C(=O)[C@@]3(c3ccccc3)[C@H]4c3cccc(O)c3)C2=O)cc1O. The third-order valence-electron chi connectivity index (χ3n) is 10.8. The number of carboxylic acids is 1. The maximum absolute atomic E-state index is 15.2. The van der Waals surface area contributed by atoms with Gasteiger partial charge in [0.15, 0.2) is 0 Å². The molecule has 2 aliphatic heterocycles. The molecule has 2 heterocycles. The standard InChI is InChI=1S/C39H29ClN2O8/c40-22-9-5-10-23(17-22)42-35(46)30-19-29-26(33(20-6-4-11-25(43)16-20)39(30,38(42)50)21-7-2-1-3-8-21)14-15-28-32(29)36(47)41(34(28)45)24-12-13-27(37(48)49)31(44)18-24/h1-14,16-18,28-30,32-33,43-44H,15,19H2,(H,48,49)/t28-,29+,30-,32-,33-,39+/m0/s1. The number of benzene rings is 4. The fraction of sp³-hybridized carbons (Fsp3) is 0.205. The average molecular weight is 689 g/mol. The normalized spacial score (nSPS) is 27.1. The minimum Gasteiger partial charge on any atom is -0.508 e. The highest BCUT2D eigenvalue weighted by Gasteiger charge is 2.70. The lowest BCUT2D eigenvalue weighted by atomic mass is 9.49. The molecule has 8 rings (SSSR count). The molecule has 4 aromatic carbocycles. The van der Waals surface area contributed by atoms with E-state index in [9.17, 15) is 34.5 Å². The second kappa shape index (κ2) is 11.4. The number of rotatable bonds is 5. The molecular formula is C39H29ClN2O8. The Morgan fingerprint density at radius 2 is 1.50 bits per heavy atom. The molecule has 2 saturated heterocycles. The Labute approximate surface area is 290 Å². The predicted molar refractivity (Wildman–Crippen MR) is 182 cm³/mol. The van der Waals surface area contributed by atoms with E-state index in [1.165, 1.54) is 17.0 Å². The zero-order valence-electron chi connectivity index (χ0n) is 26.3. The molecule has 3 N–H and O–H groups in total. The summed E-state index contributed by atoms with van der Waals surface area (Å²) in [5.41, 5.74) is 0.394. The summed E-state index contributed by atoms with van der Waals surface area (Å²) in [5.74, 6) is -8.06. The maximum Gasteiger partial charge on any atom is 0.339 e. The van der Waals surface area contributed by atoms with Crippen molar-refractivity contribution >= 4 is 52.6 Å². The van der Waals surface area contributed by atoms with Crippen LogP contribution in [0.1, 0.15) is 40.2 Å². The number of carbonyl (C=O) groups is 5. The Morgan fingerprint density at radius 3 is 2.20 bits per heavy atom. The highest BCUT2D eigenvalue weighted by molar-refractivity contribution is 6.32. The van der Waals surface area contributed by atoms with Crippen LogP contribution in [0.15, 0.2) is 109 Å². The highest BCUT2D eigenvalue weighted by atomic mass is 35.5. The number of carboxylic acid groups (broad SMARTS) is 1. The molecule has 4 aliphatic rings. The molecular weight excluding hydrogens is 660 g/mol. The number of anilines is 2. The van der Waals surface area contributed by atoms with E-state index in [1.54, 1.807) is 54.6 Å². The van der Waals surface area contributed by atoms with Crippen LogP contribution in [0.3, 0.4) is 0 Å². The molecule has 0 aromatic heterocycles. The van der Waals surface area contributed by atoms with Crippen molar-refractivity contribution in [1.82, 2.24) is 0 Å². The zero-order chi connectivity index (χ0) is 35.1. The van der Waals surface area contributed by atoms with Gasteiger partial charge in [-0.15, -0.1) is 0 Å². The number of carbonyl (C=O) groups excluding carboxylic acids is 4. The number of phenolic OH excluding ortho intramolecular Hbond substituents is 1. The number of imide groups is 2. The van der Waals surface area contributed by atoms with Crippen molar-refractivity contribution in [3.05, 3.63) is 130 Å². The van der Waals surface area contributed by atoms with E-state index in [1.807, 2.05) is 24.3 Å². The first kappa shape index (κ1) is 31.5. The number of phenols is 2. The molecule has 50 heavy (non-hydrogen) atoms. The van der Waals surface area contributed by atoms with Crippen LogP contribution in [0.2, 0.25) is 5.02 Å². The van der Waals surface area contributed by atoms with Crippen LogP contribution in [0.5, 0.6) is 11.5 Å². The number of amides is 4. The lowest BCUT2D eigenvalue weighted by Crippen LogP contribution is -2.53. The van der Waals surface area contributed by atoms with E-state index < -0.39 is 70.4 Å². The number of aromatic carboxylic acids is 1. The van der Waals surface area contributed by atoms with Crippen molar-refractivity contribution in [2.75, 3.05) is 9.80 Å². The van der Waals surface area contributed by atoms with E-state index in [2.05, 4.69) is 0 Å². The molecule has 2 aliphatic carbocycles. The van der Waals surface area contributed by atoms with Gasteiger partial charge in [0.05, 0.1) is 34.5 Å². The van der Waals surface area contributed by atoms with Crippen molar-refractivity contribution in [3.8, 4) is 11.5 Å². The molecule has 0 bridgehead atoms. The summed E-state index contributed by atoms with van der Waals surface area (Å²) in [5, 5.41) is 30.9. The van der Waals surface area contributed by atoms with Gasteiger partial charge < -0.3 is 15.3 Å². The van der Waals surface area contributed by atoms with Crippen molar-refractivity contribution in [2.45, 2.75) is 24.2 Å². The Bertz CT molecular complexity index is 2180. The molecule has 1 saturated carbocycles. The molecule has 11 heteroatoms. The van der Waals surface area contributed by atoms with Gasteiger partial charge in [-0.3, -0.25) is 19.2 Å². The summed E-state index contributed by atoms with van der Waals surface area (Å²) in [4.78, 5) is 72.0. The van der Waals surface area contributed by atoms with Crippen LogP contribution in [0.4, 0.5) is 11.4 Å². The smallest absolute Gasteiger partial charge is 0.339 e. The lowest BCUT2D eigenvalue weighted by Gasteiger charge is -2.50. The minimum atomic E-state index is -1.48. The van der Waals surface area contributed by atoms with E-state index in [-0.39, 0.29) is 29.8 Å². The number of nitrogens with zero attached hydrogens (tertiary/aromatic N) is 2. The molecule has 4 aromatic rings. The van der Waals surface area contributed by atoms with E-state index in [0.717, 1.165) is 22.6 Å². The van der Waals surface area contributed by atoms with E-state index in [0.29, 0.717) is 21.8 Å². The van der Waals surface area contributed by atoms with Gasteiger partial charge in [0, 0.05) is 17.0 Å². The van der Waals surface area contributed by atoms with Gasteiger partial charge in [-0.2, -0.15) is 0 Å². The van der Waals surface area contributed by atoms with Crippen LogP contribution < -0.4 is 9.80 Å². The summed E-state index contributed by atoms with van der Waals surface area (Å²) >= 11 is 6.35. The van der Waals surface area contributed by atoms with Gasteiger partial charge in [-0.05, 0) is 72.4 Å². The van der Waals surface area contributed by atoms with Gasteiger partial charge in [0.1, 0.15) is 17.1 Å². The fourth-order valence-electron chi connectivity index (χ4n) is 8.92. The largest absolute Gasteiger partial charge is 0.508 e. The molecule has 10 nitrogen and oxygen atoms in total. The van der Waals surface area contributed by atoms with Crippen molar-refractivity contribution in [3.63, 3.8) is 0 Å². The van der Waals surface area contributed by atoms with Crippen LogP contribution in [0.25, 0.3) is 0 Å². The Hall–Kier alpha value is -5.74. The van der Waals surface area contributed by atoms with Crippen molar-refractivity contribution < 1.29 is 39.3 Å². The summed E-state index contributed by atoms with van der Waals surface area (Å²) in [6.45, 7) is 0. The average Bonchev–Trinajstić information content (AvgIpc) is 3.49. The molecule has 0 radical (unpaired) electrons. The summed E-state index contributed by atoms with van der Waals surface area (Å²) < 4.78 is 0. The number of hydrogen-bond donors (Lipinski definition) is 3. The molecule has 0 unspecified atom stereocenters. The molecule has 4 amide bonds. The third-order valence-corrected chi connectivity index (χ3v) is 11.1. The second-order valence-corrected chi connectivity index (χ2v) is 13.6. The van der Waals surface area contributed by atoms with Gasteiger partial charge >= 0.3 is 5.97 Å². The highest BCUT2D eigenvalue weighted by Crippen LogP contribution is 2.64. The Morgan fingerprint density at radius 1 is 0.760 bits per heavy atom. The van der Waals surface area contributed by atoms with Crippen LogP contribution in [-0.2, 0) is 24.6 Å². The van der Waals surface area contributed by atoms with Gasteiger partial charge in [0.25, 0.3) is 0 Å². The van der Waals surface area contributed by atoms with E-state index in [4.69, 9.17) is 11.6 Å². The van der Waals surface area contributed by atoms with Crippen LogP contribution in [-0.4, -0.2) is 44.9 Å². The maximum atomic E-state index is 15.2. The zero-order valence-corrected chi connectivity index (χ0v) is 27.0. The number of allylic oxidation sites excluding steroid dienone is 2. The van der Waals surface area contributed by atoms with Crippen molar-refractivity contribution in [1.29, 1.82) is 0 Å². The number of halogens is 1. The fourth-order valence-corrected chi connectivity index (χ4v) is 9.10. The van der Waals surface area contributed by atoms with E-state index >= 15 is 4.79 Å². The lowest BCUT2D eigenvalue weighted by molar-refractivity contribution is -0.127. The number of aromatic hydroxyl groups is 2. The molecule has 250 valence electrons. The van der Waals surface area contributed by atoms with Gasteiger partial charge in [0.2, 0.25) is 23.6 Å². The number of hydrogen-bond acceptors (Lipinski definition) is 7. The molecule has 6 atom stereocenters. The first-order valence-corrected chi connectivity index (χ1v) is 16.5. The topological polar surface area (TPSA) is 153 Å². The monoisotopic (exact) mass is 688 g/mol. The predicted octanol–water partition coefficient (Wildman–Crippen LogP) is 5.82. The van der Waals surface area contributed by atoms with Gasteiger partial charge in [-0.25, -0.2) is 14.6 Å². The van der Waals surface area contributed by atoms with Crippen LogP contribution in [0, 0.1) is 23.7 Å². The third kappa shape index (κ3) is 4.37.